The van der Waals surface area contributed by atoms with Gasteiger partial charge >= 0.3 is 5.84 Å². The molecule has 534 valence electrons. The van der Waals surface area contributed by atoms with Gasteiger partial charge in [0.25, 0.3) is 0 Å². The van der Waals surface area contributed by atoms with Crippen LogP contribution in [0.1, 0.15) is 0 Å². The first-order valence-corrected chi connectivity index (χ1v) is 39.9. The van der Waals surface area contributed by atoms with Crippen LogP contribution >= 0.6 is 0 Å². The summed E-state index contributed by atoms with van der Waals surface area (Å²) >= 11 is 0. The van der Waals surface area contributed by atoms with E-state index in [0.29, 0.717) is 5.84 Å². The van der Waals surface area contributed by atoms with Crippen LogP contribution in [-0.2, 0) is 0 Å². The molecule has 6 heteroatoms. The Balaban J connectivity index is 0.683. The minimum Gasteiger partial charge on any atom is -0.422 e. The average Bonchev–Trinajstić information content (AvgIpc) is 1.46. The Hall–Kier alpha value is -15.5. The summed E-state index contributed by atoms with van der Waals surface area (Å²) in [7, 11) is 0. The molecule has 4 aromatic heterocycles. The van der Waals surface area contributed by atoms with Crippen molar-refractivity contribution in [3.8, 4) is 27.9 Å². The standard InChI is InChI=1S/C110H63N5O/c1-2-25-70-69(24-1)71-26-3-8-31-76(71)93-60-97-80-35-12-7-30-75(80)89-54-51-67(59-92(89)83-38-15-18-41-86(83)100(97)62-94(93)77-32-9-4-27-72(70)77)113-105-55-50-65(58-107(105)114-103-45-21-19-43-101(103)111-109(113)114)64-48-52-87-73-28-5-10-33-78(73)95-61-96-79-34-11-6-29-74(79)88-53-49-66(68-42-23-47-106-108(68)116-110-112-102-44-20-22-46-104(102)115(106)110)57-91(88)82-37-14-17-40-85(82)99(96)63-98(95)84-39-16-13-36-81(84)90(87)56-64/h1-63H. The van der Waals surface area contributed by atoms with Crippen LogP contribution in [-0.4, -0.2) is 23.3 Å². The molecule has 0 aliphatic rings. The number of oxazole rings is 1. The summed E-state index contributed by atoms with van der Waals surface area (Å²) in [5.41, 5.74) is 13.2. The Morgan fingerprint density at radius 1 is 0.181 bits per heavy atom. The summed E-state index contributed by atoms with van der Waals surface area (Å²) in [4.78, 5) is 10.5. The summed E-state index contributed by atoms with van der Waals surface area (Å²) in [5, 5.41) is 38.3. The fourth-order valence-electron chi connectivity index (χ4n) is 20.3. The molecule has 6 nitrogen and oxygen atoms in total. The molecule has 0 radical (unpaired) electrons. The number of para-hydroxylation sites is 5. The van der Waals surface area contributed by atoms with Gasteiger partial charge in [0.05, 0.1) is 38.6 Å². The van der Waals surface area contributed by atoms with Crippen molar-refractivity contribution in [3.63, 3.8) is 0 Å². The first-order valence-electron chi connectivity index (χ1n) is 39.9. The third-order valence-electron chi connectivity index (χ3n) is 25.4. The van der Waals surface area contributed by atoms with Crippen molar-refractivity contribution < 1.29 is 4.42 Å². The molecule has 0 fully saturated rings. The predicted molar refractivity (Wildman–Crippen MR) is 492 cm³/mol. The first kappa shape index (κ1) is 63.2. The number of fused-ring (bicyclic) bond motifs is 42. The van der Waals surface area contributed by atoms with Crippen LogP contribution in [0.3, 0.4) is 0 Å². The van der Waals surface area contributed by atoms with Gasteiger partial charge in [-0.1, -0.05) is 291 Å². The molecule has 116 heavy (non-hydrogen) atoms. The molecule has 26 aromatic rings. The minimum absolute atomic E-state index is 0.588. The van der Waals surface area contributed by atoms with E-state index in [-0.39, 0.29) is 0 Å². The molecule has 0 unspecified atom stereocenters. The lowest BCUT2D eigenvalue weighted by molar-refractivity contribution is 0.644. The average molecular weight is 1470 g/mol. The van der Waals surface area contributed by atoms with Gasteiger partial charge in [0.1, 0.15) is 0 Å². The highest BCUT2D eigenvalue weighted by atomic mass is 16.4. The molecule has 0 aliphatic carbocycles. The molecule has 0 amide bonds. The second-order valence-electron chi connectivity index (χ2n) is 31.3. The van der Waals surface area contributed by atoms with Crippen LogP contribution in [0.4, 0.5) is 0 Å². The fraction of sp³-hybridized carbons (Fsp3) is 0. The molecule has 26 rings (SSSR count). The summed E-state index contributed by atoms with van der Waals surface area (Å²) in [5.74, 6) is 1.44. The summed E-state index contributed by atoms with van der Waals surface area (Å²) in [6.45, 7) is 0. The van der Waals surface area contributed by atoms with Crippen LogP contribution in [0.15, 0.2) is 387 Å². The molecular weight excluding hydrogens is 1410 g/mol. The van der Waals surface area contributed by atoms with Crippen LogP contribution in [0.2, 0.25) is 0 Å². The van der Waals surface area contributed by atoms with Crippen LogP contribution < -0.4 is 0 Å². The van der Waals surface area contributed by atoms with Gasteiger partial charge in [-0.15, -0.1) is 0 Å². The van der Waals surface area contributed by atoms with Crippen molar-refractivity contribution in [2.24, 2.45) is 0 Å². The van der Waals surface area contributed by atoms with E-state index in [1.54, 1.807) is 0 Å². The van der Waals surface area contributed by atoms with Gasteiger partial charge in [-0.2, -0.15) is 4.98 Å². The highest BCUT2D eigenvalue weighted by molar-refractivity contribution is 6.35. The smallest absolute Gasteiger partial charge is 0.307 e. The number of hydrogen-bond acceptors (Lipinski definition) is 3. The van der Waals surface area contributed by atoms with Crippen molar-refractivity contribution in [1.82, 2.24) is 23.3 Å². The first-order chi connectivity index (χ1) is 57.5. The number of nitrogens with zero attached hydrogens (tertiary/aromatic N) is 5. The lowest BCUT2D eigenvalue weighted by Crippen LogP contribution is -1.95. The van der Waals surface area contributed by atoms with E-state index >= 15 is 0 Å². The molecular formula is C110H63N5O. The van der Waals surface area contributed by atoms with Crippen LogP contribution in [0, 0.1) is 0 Å². The molecule has 0 bridgehead atoms. The highest BCUT2D eigenvalue weighted by Crippen LogP contribution is 2.48. The molecule has 22 aromatic carbocycles. The number of aromatic nitrogens is 5. The molecule has 4 heterocycles. The SMILES string of the molecule is c1ccc2c(c1)nc1oc3c(-c4ccc5c6ccccc6c6cc7c8ccccc8c8ccc(-c9ccc%10c(c9)n9c%11ccccc%11nc9n%10-c9ccc%10c%11ccccc%11c%11cc%12c%13ccccc%13c%13ccccc%13c%13ccccc%13c%12cc%11c%11ccccc%11c%10c9)cc8c8ccccc8c7cc6c6ccccc6c5c4)cccc3n12. The van der Waals surface area contributed by atoms with Crippen molar-refractivity contribution >= 4 is 228 Å². The van der Waals surface area contributed by atoms with Crippen molar-refractivity contribution in [2.45, 2.75) is 0 Å². The summed E-state index contributed by atoms with van der Waals surface area (Å²) in [6, 6.07) is 143. The van der Waals surface area contributed by atoms with E-state index in [9.17, 15) is 0 Å². The van der Waals surface area contributed by atoms with Crippen molar-refractivity contribution in [3.05, 3.63) is 382 Å². The normalized spacial score (nSPS) is 12.3. The molecule has 0 aliphatic heterocycles. The van der Waals surface area contributed by atoms with Crippen LogP contribution in [0.25, 0.3) is 256 Å². The Morgan fingerprint density at radius 2 is 0.474 bits per heavy atom. The van der Waals surface area contributed by atoms with Gasteiger partial charge in [0.15, 0.2) is 5.58 Å². The predicted octanol–water partition coefficient (Wildman–Crippen LogP) is 30.0. The zero-order valence-corrected chi connectivity index (χ0v) is 62.5. The van der Waals surface area contributed by atoms with Gasteiger partial charge in [-0.25, -0.2) is 4.98 Å². The maximum atomic E-state index is 6.73. The van der Waals surface area contributed by atoms with E-state index in [1.165, 1.54) is 162 Å². The number of hydrogen-bond donors (Lipinski definition) is 0. The summed E-state index contributed by atoms with van der Waals surface area (Å²) < 4.78 is 13.6. The van der Waals surface area contributed by atoms with E-state index in [2.05, 4.69) is 383 Å². The minimum atomic E-state index is 0.588. The number of rotatable bonds is 3. The summed E-state index contributed by atoms with van der Waals surface area (Å²) in [6.07, 6.45) is 0. The van der Waals surface area contributed by atoms with Crippen LogP contribution in [0.5, 0.6) is 0 Å². The molecule has 0 atom stereocenters. The second-order valence-corrected chi connectivity index (χ2v) is 31.3. The number of benzene rings is 18. The molecule has 0 N–H and O–H groups in total. The molecule has 0 spiro atoms. The van der Waals surface area contributed by atoms with Gasteiger partial charge < -0.3 is 4.42 Å². The van der Waals surface area contributed by atoms with Gasteiger partial charge in [0, 0.05) is 11.3 Å². The Labute approximate surface area is 661 Å². The fourth-order valence-corrected chi connectivity index (χ4v) is 20.3. The Morgan fingerprint density at radius 3 is 0.888 bits per heavy atom. The second kappa shape index (κ2) is 24.0. The Kier molecular flexibility index (Phi) is 13.1. The topological polar surface area (TPSA) is 52.7 Å². The zero-order chi connectivity index (χ0) is 75.5. The quantitative estimate of drug-likeness (QED) is 0.177. The van der Waals surface area contributed by atoms with Gasteiger partial charge in [-0.05, 0) is 280 Å². The van der Waals surface area contributed by atoms with E-state index in [1.807, 2.05) is 12.1 Å². The lowest BCUT2D eigenvalue weighted by Gasteiger charge is -2.15. The highest BCUT2D eigenvalue weighted by Gasteiger charge is 2.24. The maximum Gasteiger partial charge on any atom is 0.307 e. The van der Waals surface area contributed by atoms with E-state index in [4.69, 9.17) is 14.4 Å². The third-order valence-corrected chi connectivity index (χ3v) is 25.4. The monoisotopic (exact) mass is 1470 g/mol. The third kappa shape index (κ3) is 8.95. The van der Waals surface area contributed by atoms with Crippen molar-refractivity contribution in [1.29, 1.82) is 0 Å². The van der Waals surface area contributed by atoms with E-state index in [0.717, 1.165) is 88.7 Å². The van der Waals surface area contributed by atoms with Crippen molar-refractivity contribution in [2.75, 3.05) is 0 Å². The lowest BCUT2D eigenvalue weighted by atomic mass is 9.89. The van der Waals surface area contributed by atoms with E-state index < -0.39 is 0 Å². The number of imidazole rings is 3. The molecule has 0 saturated heterocycles. The largest absolute Gasteiger partial charge is 0.422 e. The zero-order valence-electron chi connectivity index (χ0n) is 62.5. The van der Waals surface area contributed by atoms with Gasteiger partial charge in [-0.3, -0.25) is 13.4 Å². The van der Waals surface area contributed by atoms with Gasteiger partial charge in [0.2, 0.25) is 5.78 Å². The maximum absolute atomic E-state index is 6.73. The molecule has 0 saturated carbocycles. The Bertz CT molecular complexity index is 9130.